The van der Waals surface area contributed by atoms with E-state index in [2.05, 4.69) is 10.0 Å². The van der Waals surface area contributed by atoms with Gasteiger partial charge < -0.3 is 10.1 Å². The number of hydrogen-bond donors (Lipinski definition) is 2. The monoisotopic (exact) mass is 444 g/mol. The number of amides is 2. The number of esters is 1. The topological polar surface area (TPSA) is 102 Å². The highest BCUT2D eigenvalue weighted by Crippen LogP contribution is 2.21. The summed E-state index contributed by atoms with van der Waals surface area (Å²) in [5.74, 6) is -0.453. The molecule has 1 aliphatic carbocycles. The van der Waals surface area contributed by atoms with Crippen LogP contribution in [0.25, 0.3) is 0 Å². The second kappa shape index (κ2) is 9.96. The van der Waals surface area contributed by atoms with Crippen LogP contribution < -0.4 is 10.0 Å². The molecule has 1 saturated carbocycles. The molecule has 1 unspecified atom stereocenters. The fourth-order valence-corrected chi connectivity index (χ4v) is 4.46. The highest BCUT2D eigenvalue weighted by molar-refractivity contribution is 7.90. The Morgan fingerprint density at radius 1 is 0.968 bits per heavy atom. The summed E-state index contributed by atoms with van der Waals surface area (Å²) in [7, 11) is -3.99. The molecule has 1 fully saturated rings. The number of carbonyl (C=O) groups excluding carboxylic acids is 2. The predicted molar refractivity (Wildman–Crippen MR) is 117 cm³/mol. The molecule has 7 nitrogen and oxygen atoms in total. The normalized spacial score (nSPS) is 15.7. The van der Waals surface area contributed by atoms with Crippen LogP contribution in [0.5, 0.6) is 0 Å². The number of urea groups is 1. The molecule has 2 aromatic carbocycles. The standard InChI is InChI=1S/C23H28N2O5S/c1-16-8-10-19(11-9-16)22(26)30-17(2)18-12-14-21(15-13-18)31(28,29)25-23(27)24-20-6-4-3-5-7-20/h8-15,17,20H,3-7H2,1-2H3,(H2,24,25,27). The van der Waals surface area contributed by atoms with E-state index in [1.807, 2.05) is 19.1 Å². The van der Waals surface area contributed by atoms with Gasteiger partial charge in [0.15, 0.2) is 0 Å². The number of benzene rings is 2. The molecule has 166 valence electrons. The zero-order valence-electron chi connectivity index (χ0n) is 17.8. The van der Waals surface area contributed by atoms with Gasteiger partial charge in [0, 0.05) is 6.04 Å². The Morgan fingerprint density at radius 2 is 1.58 bits per heavy atom. The maximum Gasteiger partial charge on any atom is 0.338 e. The first-order valence-electron chi connectivity index (χ1n) is 10.5. The van der Waals surface area contributed by atoms with Crippen molar-refractivity contribution < 1.29 is 22.7 Å². The Hall–Kier alpha value is -2.87. The largest absolute Gasteiger partial charge is 0.454 e. The minimum absolute atomic E-state index is 0.00962. The van der Waals surface area contributed by atoms with Crippen molar-refractivity contribution in [1.29, 1.82) is 0 Å². The van der Waals surface area contributed by atoms with Crippen molar-refractivity contribution in [2.75, 3.05) is 0 Å². The molecule has 2 N–H and O–H groups in total. The van der Waals surface area contributed by atoms with Gasteiger partial charge in [-0.05, 0) is 56.5 Å². The Morgan fingerprint density at radius 3 is 2.19 bits per heavy atom. The van der Waals surface area contributed by atoms with Gasteiger partial charge in [0.1, 0.15) is 6.10 Å². The molecule has 2 aromatic rings. The lowest BCUT2D eigenvalue weighted by atomic mass is 9.96. The van der Waals surface area contributed by atoms with Gasteiger partial charge >= 0.3 is 12.0 Å². The van der Waals surface area contributed by atoms with E-state index >= 15 is 0 Å². The summed E-state index contributed by atoms with van der Waals surface area (Å²) in [6.45, 7) is 3.65. The van der Waals surface area contributed by atoms with Gasteiger partial charge in [-0.15, -0.1) is 0 Å². The molecule has 8 heteroatoms. The van der Waals surface area contributed by atoms with E-state index in [1.54, 1.807) is 31.2 Å². The van der Waals surface area contributed by atoms with Crippen LogP contribution in [0.4, 0.5) is 4.79 Å². The Bertz CT molecular complexity index is 1010. The highest BCUT2D eigenvalue weighted by atomic mass is 32.2. The average Bonchev–Trinajstić information content (AvgIpc) is 2.74. The van der Waals surface area contributed by atoms with Crippen LogP contribution in [-0.4, -0.2) is 26.5 Å². The molecule has 0 radical (unpaired) electrons. The lowest BCUT2D eigenvalue weighted by Crippen LogP contribution is -2.45. The number of aryl methyl sites for hydroxylation is 1. The fraction of sp³-hybridized carbons (Fsp3) is 0.391. The Labute approximate surface area is 183 Å². The molecular weight excluding hydrogens is 416 g/mol. The minimum Gasteiger partial charge on any atom is -0.454 e. The SMILES string of the molecule is Cc1ccc(C(=O)OC(C)c2ccc(S(=O)(=O)NC(=O)NC3CCCCC3)cc2)cc1. The number of rotatable bonds is 6. The second-order valence-corrected chi connectivity index (χ2v) is 9.58. The highest BCUT2D eigenvalue weighted by Gasteiger charge is 2.22. The molecule has 2 amide bonds. The minimum atomic E-state index is -3.99. The molecule has 0 spiro atoms. The van der Waals surface area contributed by atoms with Crippen LogP contribution in [0.3, 0.4) is 0 Å². The fourth-order valence-electron chi connectivity index (χ4n) is 3.55. The van der Waals surface area contributed by atoms with Crippen LogP contribution >= 0.6 is 0 Å². The number of carbonyl (C=O) groups is 2. The molecule has 1 atom stereocenters. The molecular formula is C23H28N2O5S. The number of sulfonamides is 1. The molecule has 0 heterocycles. The second-order valence-electron chi connectivity index (χ2n) is 7.90. The van der Waals surface area contributed by atoms with Crippen LogP contribution in [0.2, 0.25) is 0 Å². The summed E-state index contributed by atoms with van der Waals surface area (Å²) < 4.78 is 32.5. The van der Waals surface area contributed by atoms with Gasteiger partial charge in [-0.1, -0.05) is 49.1 Å². The molecule has 31 heavy (non-hydrogen) atoms. The summed E-state index contributed by atoms with van der Waals surface area (Å²) in [6, 6.07) is 12.3. The van der Waals surface area contributed by atoms with Crippen LogP contribution in [0.15, 0.2) is 53.4 Å². The van der Waals surface area contributed by atoms with Gasteiger partial charge in [0.2, 0.25) is 0 Å². The van der Waals surface area contributed by atoms with E-state index in [0.717, 1.165) is 37.7 Å². The predicted octanol–water partition coefficient (Wildman–Crippen LogP) is 4.23. The van der Waals surface area contributed by atoms with E-state index in [0.29, 0.717) is 11.1 Å². The summed E-state index contributed by atoms with van der Waals surface area (Å²) in [5, 5.41) is 2.73. The Balaban J connectivity index is 1.59. The molecule has 0 saturated heterocycles. The van der Waals surface area contributed by atoms with E-state index in [9.17, 15) is 18.0 Å². The van der Waals surface area contributed by atoms with Gasteiger partial charge in [0.25, 0.3) is 10.0 Å². The number of hydrogen-bond acceptors (Lipinski definition) is 5. The lowest BCUT2D eigenvalue weighted by molar-refractivity contribution is 0.0337. The maximum atomic E-state index is 12.5. The molecule has 1 aliphatic rings. The first-order valence-corrected chi connectivity index (χ1v) is 11.9. The van der Waals surface area contributed by atoms with Gasteiger partial charge in [-0.3, -0.25) is 0 Å². The average molecular weight is 445 g/mol. The van der Waals surface area contributed by atoms with Crippen molar-refractivity contribution in [2.24, 2.45) is 0 Å². The Kier molecular flexibility index (Phi) is 7.33. The smallest absolute Gasteiger partial charge is 0.338 e. The summed E-state index contributed by atoms with van der Waals surface area (Å²) in [6.07, 6.45) is 4.37. The number of ether oxygens (including phenoxy) is 1. The van der Waals surface area contributed by atoms with Crippen LogP contribution in [0, 0.1) is 6.92 Å². The third-order valence-corrected chi connectivity index (χ3v) is 6.75. The van der Waals surface area contributed by atoms with E-state index < -0.39 is 28.1 Å². The van der Waals surface area contributed by atoms with E-state index in [1.165, 1.54) is 12.1 Å². The van der Waals surface area contributed by atoms with Crippen molar-refractivity contribution in [1.82, 2.24) is 10.0 Å². The third-order valence-electron chi connectivity index (χ3n) is 5.40. The third kappa shape index (κ3) is 6.30. The van der Waals surface area contributed by atoms with Crippen LogP contribution in [0.1, 0.15) is 66.6 Å². The molecule has 0 aliphatic heterocycles. The zero-order valence-corrected chi connectivity index (χ0v) is 18.6. The summed E-state index contributed by atoms with van der Waals surface area (Å²) >= 11 is 0. The van der Waals surface area contributed by atoms with Crippen molar-refractivity contribution >= 4 is 22.0 Å². The molecule has 0 bridgehead atoms. The summed E-state index contributed by atoms with van der Waals surface area (Å²) in [4.78, 5) is 24.3. The quantitative estimate of drug-likeness (QED) is 0.649. The van der Waals surface area contributed by atoms with Crippen molar-refractivity contribution in [3.05, 3.63) is 65.2 Å². The maximum absolute atomic E-state index is 12.5. The van der Waals surface area contributed by atoms with Gasteiger partial charge in [-0.2, -0.15) is 0 Å². The van der Waals surface area contributed by atoms with Crippen molar-refractivity contribution in [3.63, 3.8) is 0 Å². The van der Waals surface area contributed by atoms with Gasteiger partial charge in [-0.25, -0.2) is 22.7 Å². The lowest BCUT2D eigenvalue weighted by Gasteiger charge is -2.22. The molecule has 0 aromatic heterocycles. The number of nitrogens with one attached hydrogen (secondary N) is 2. The zero-order chi connectivity index (χ0) is 22.4. The summed E-state index contributed by atoms with van der Waals surface area (Å²) in [5.41, 5.74) is 2.14. The van der Waals surface area contributed by atoms with Crippen molar-refractivity contribution in [3.8, 4) is 0 Å². The van der Waals surface area contributed by atoms with Crippen LogP contribution in [-0.2, 0) is 14.8 Å². The first-order chi connectivity index (χ1) is 14.7. The van der Waals surface area contributed by atoms with E-state index in [4.69, 9.17) is 4.74 Å². The van der Waals surface area contributed by atoms with Crippen molar-refractivity contribution in [2.45, 2.75) is 63.0 Å². The van der Waals surface area contributed by atoms with E-state index in [-0.39, 0.29) is 10.9 Å². The molecule has 3 rings (SSSR count). The van der Waals surface area contributed by atoms with Gasteiger partial charge in [0.05, 0.1) is 10.5 Å². The first kappa shape index (κ1) is 22.8.